The third-order valence-corrected chi connectivity index (χ3v) is 3.72. The predicted molar refractivity (Wildman–Crippen MR) is 69.1 cm³/mol. The van der Waals surface area contributed by atoms with Gasteiger partial charge in [0, 0.05) is 19.1 Å². The van der Waals surface area contributed by atoms with E-state index in [9.17, 15) is 26.4 Å². The van der Waals surface area contributed by atoms with Gasteiger partial charge in [0.2, 0.25) is 10.0 Å². The second-order valence-corrected chi connectivity index (χ2v) is 6.86. The van der Waals surface area contributed by atoms with E-state index >= 15 is 0 Å². The van der Waals surface area contributed by atoms with Crippen LogP contribution in [0.3, 0.4) is 0 Å². The molecule has 10 heteroatoms. The second-order valence-electron chi connectivity index (χ2n) is 5.08. The first-order valence-electron chi connectivity index (χ1n) is 6.42. The van der Waals surface area contributed by atoms with Crippen molar-refractivity contribution in [3.05, 3.63) is 0 Å². The van der Waals surface area contributed by atoms with Crippen molar-refractivity contribution >= 4 is 15.9 Å². The number of nitrogens with one attached hydrogen (secondary N) is 1. The van der Waals surface area contributed by atoms with Gasteiger partial charge >= 0.3 is 6.18 Å². The molecule has 1 saturated heterocycles. The normalized spacial score (nSPS) is 22.1. The van der Waals surface area contributed by atoms with Gasteiger partial charge in [0.05, 0.1) is 6.26 Å². The number of piperidine rings is 1. The van der Waals surface area contributed by atoms with Crippen LogP contribution in [0.25, 0.3) is 0 Å². The fraction of sp³-hybridized carbons (Fsp3) is 0.909. The lowest BCUT2D eigenvalue weighted by Gasteiger charge is -2.34. The van der Waals surface area contributed by atoms with Gasteiger partial charge in [0.15, 0.2) is 0 Å². The van der Waals surface area contributed by atoms with Crippen LogP contribution < -0.4 is 4.72 Å². The standard InChI is InChI=1S/C11H19F3N2O4S/c1-8(20-7-11(12,13)14)10(17)16-5-3-4-9(6-16)15-21(2,18)19/h8-9,15H,3-7H2,1-2H3/t8-,9+/m1/s1. The Bertz CT molecular complexity index is 467. The Morgan fingerprint density at radius 3 is 2.62 bits per heavy atom. The maximum absolute atomic E-state index is 12.0. The topological polar surface area (TPSA) is 75.7 Å². The lowest BCUT2D eigenvalue weighted by atomic mass is 10.1. The van der Waals surface area contributed by atoms with Crippen LogP contribution in [0, 0.1) is 0 Å². The van der Waals surface area contributed by atoms with Gasteiger partial charge in [0.1, 0.15) is 12.7 Å². The van der Waals surface area contributed by atoms with Crippen LogP contribution in [0.5, 0.6) is 0 Å². The molecule has 1 amide bonds. The minimum absolute atomic E-state index is 0.131. The number of hydrogen-bond donors (Lipinski definition) is 1. The molecule has 124 valence electrons. The van der Waals surface area contributed by atoms with Crippen molar-refractivity contribution in [2.24, 2.45) is 0 Å². The van der Waals surface area contributed by atoms with Crippen molar-refractivity contribution in [3.63, 3.8) is 0 Å². The number of carbonyl (C=O) groups excluding carboxylic acids is 1. The zero-order valence-corrected chi connectivity index (χ0v) is 12.6. The van der Waals surface area contributed by atoms with Gasteiger partial charge in [-0.15, -0.1) is 0 Å². The van der Waals surface area contributed by atoms with E-state index in [1.165, 1.54) is 11.8 Å². The Morgan fingerprint density at radius 1 is 1.48 bits per heavy atom. The molecule has 2 atom stereocenters. The first-order chi connectivity index (χ1) is 9.48. The number of alkyl halides is 3. The SMILES string of the molecule is C[C@@H](OCC(F)(F)F)C(=O)N1CCC[C@H](NS(C)(=O)=O)C1. The molecule has 0 aromatic heterocycles. The van der Waals surface area contributed by atoms with Crippen LogP contribution in [0.4, 0.5) is 13.2 Å². The molecule has 1 rings (SSSR count). The molecule has 1 aliphatic rings. The molecule has 0 unspecified atom stereocenters. The van der Waals surface area contributed by atoms with Gasteiger partial charge < -0.3 is 9.64 Å². The second kappa shape index (κ2) is 6.93. The number of rotatable bonds is 5. The zero-order chi connectivity index (χ0) is 16.3. The number of carbonyl (C=O) groups is 1. The Hall–Kier alpha value is -0.870. The van der Waals surface area contributed by atoms with E-state index in [0.717, 1.165) is 6.26 Å². The van der Waals surface area contributed by atoms with E-state index in [2.05, 4.69) is 9.46 Å². The highest BCUT2D eigenvalue weighted by Gasteiger charge is 2.32. The summed E-state index contributed by atoms with van der Waals surface area (Å²) in [6.07, 6.45) is -3.54. The van der Waals surface area contributed by atoms with Gasteiger partial charge in [-0.1, -0.05) is 0 Å². The fourth-order valence-electron chi connectivity index (χ4n) is 2.12. The van der Waals surface area contributed by atoms with E-state index in [-0.39, 0.29) is 6.54 Å². The molecule has 0 bridgehead atoms. The number of ether oxygens (including phenoxy) is 1. The van der Waals surface area contributed by atoms with Crippen LogP contribution in [0.15, 0.2) is 0 Å². The molecule has 0 aliphatic carbocycles. The molecular formula is C11H19F3N2O4S. The van der Waals surface area contributed by atoms with E-state index in [4.69, 9.17) is 0 Å². The van der Waals surface area contributed by atoms with E-state index in [1.807, 2.05) is 0 Å². The largest absolute Gasteiger partial charge is 0.411 e. The van der Waals surface area contributed by atoms with Gasteiger partial charge in [0.25, 0.3) is 5.91 Å². The summed E-state index contributed by atoms with van der Waals surface area (Å²) in [4.78, 5) is 13.3. The van der Waals surface area contributed by atoms with Crippen LogP contribution >= 0.6 is 0 Å². The van der Waals surface area contributed by atoms with E-state index in [1.54, 1.807) is 0 Å². The Balaban J connectivity index is 2.53. The molecule has 0 aromatic rings. The summed E-state index contributed by atoms with van der Waals surface area (Å²) in [6.45, 7) is 0.270. The lowest BCUT2D eigenvalue weighted by molar-refractivity contribution is -0.188. The first-order valence-corrected chi connectivity index (χ1v) is 8.31. The summed E-state index contributed by atoms with van der Waals surface area (Å²) < 4.78 is 65.3. The maximum Gasteiger partial charge on any atom is 0.411 e. The molecule has 0 aromatic carbocycles. The van der Waals surface area contributed by atoms with Crippen molar-refractivity contribution in [3.8, 4) is 0 Å². The molecular weight excluding hydrogens is 313 g/mol. The first kappa shape index (κ1) is 18.2. The molecule has 0 radical (unpaired) electrons. The molecule has 1 heterocycles. The van der Waals surface area contributed by atoms with Gasteiger partial charge in [-0.3, -0.25) is 4.79 Å². The molecule has 21 heavy (non-hydrogen) atoms. The van der Waals surface area contributed by atoms with Crippen molar-refractivity contribution in [1.29, 1.82) is 0 Å². The molecule has 0 saturated carbocycles. The number of nitrogens with zero attached hydrogens (tertiary/aromatic N) is 1. The van der Waals surface area contributed by atoms with Crippen LogP contribution in [-0.4, -0.2) is 63.5 Å². The Morgan fingerprint density at radius 2 is 2.10 bits per heavy atom. The fourth-order valence-corrected chi connectivity index (χ4v) is 2.92. The van der Waals surface area contributed by atoms with Crippen LogP contribution in [-0.2, 0) is 19.6 Å². The molecule has 1 aliphatic heterocycles. The third-order valence-electron chi connectivity index (χ3n) is 2.96. The number of hydrogen-bond acceptors (Lipinski definition) is 4. The summed E-state index contributed by atoms with van der Waals surface area (Å²) in [5, 5.41) is 0. The number of amides is 1. The third kappa shape index (κ3) is 7.09. The molecule has 6 nitrogen and oxygen atoms in total. The number of sulfonamides is 1. The van der Waals surface area contributed by atoms with Crippen LogP contribution in [0.1, 0.15) is 19.8 Å². The lowest BCUT2D eigenvalue weighted by Crippen LogP contribution is -2.51. The Labute approximate surface area is 121 Å². The number of halogens is 3. The summed E-state index contributed by atoms with van der Waals surface area (Å²) in [5.74, 6) is -0.570. The van der Waals surface area contributed by atoms with Crippen molar-refractivity contribution in [1.82, 2.24) is 9.62 Å². The van der Waals surface area contributed by atoms with E-state index < -0.39 is 40.9 Å². The van der Waals surface area contributed by atoms with Crippen molar-refractivity contribution in [2.75, 3.05) is 26.0 Å². The molecule has 1 N–H and O–H groups in total. The monoisotopic (exact) mass is 332 g/mol. The highest BCUT2D eigenvalue weighted by atomic mass is 32.2. The quantitative estimate of drug-likeness (QED) is 0.795. The summed E-state index contributed by atoms with van der Waals surface area (Å²) in [7, 11) is -3.39. The van der Waals surface area contributed by atoms with E-state index in [0.29, 0.717) is 19.4 Å². The van der Waals surface area contributed by atoms with Gasteiger partial charge in [-0.05, 0) is 19.8 Å². The highest BCUT2D eigenvalue weighted by molar-refractivity contribution is 7.88. The van der Waals surface area contributed by atoms with Gasteiger partial charge in [-0.25, -0.2) is 13.1 Å². The zero-order valence-electron chi connectivity index (χ0n) is 11.8. The average molecular weight is 332 g/mol. The van der Waals surface area contributed by atoms with Crippen molar-refractivity contribution < 1.29 is 31.1 Å². The van der Waals surface area contributed by atoms with Crippen molar-refractivity contribution in [2.45, 2.75) is 38.1 Å². The molecule has 1 fully saturated rings. The maximum atomic E-state index is 12.0. The average Bonchev–Trinajstić information content (AvgIpc) is 2.32. The van der Waals surface area contributed by atoms with Gasteiger partial charge in [-0.2, -0.15) is 13.2 Å². The minimum atomic E-state index is -4.49. The molecule has 0 spiro atoms. The minimum Gasteiger partial charge on any atom is -0.359 e. The summed E-state index contributed by atoms with van der Waals surface area (Å²) >= 11 is 0. The summed E-state index contributed by atoms with van der Waals surface area (Å²) in [5.41, 5.74) is 0. The van der Waals surface area contributed by atoms with Crippen LogP contribution in [0.2, 0.25) is 0 Å². The predicted octanol–water partition coefficient (Wildman–Crippen LogP) is 0.494. The number of likely N-dealkylation sites (tertiary alicyclic amines) is 1. The smallest absolute Gasteiger partial charge is 0.359 e. The Kier molecular flexibility index (Phi) is 6.00. The summed E-state index contributed by atoms with van der Waals surface area (Å²) in [6, 6.07) is -0.424. The highest BCUT2D eigenvalue weighted by Crippen LogP contribution is 2.17.